The van der Waals surface area contributed by atoms with Crippen molar-refractivity contribution in [3.63, 3.8) is 0 Å². The molecule has 1 atom stereocenters. The van der Waals surface area contributed by atoms with Crippen LogP contribution < -0.4 is 10.1 Å². The fraction of sp³-hybridized carbons (Fsp3) is 0.333. The Morgan fingerprint density at radius 1 is 1.05 bits per heavy atom. The van der Waals surface area contributed by atoms with Crippen LogP contribution in [0.1, 0.15) is 30.5 Å². The molecule has 2 heteroatoms. The van der Waals surface area contributed by atoms with Crippen molar-refractivity contribution in [2.45, 2.75) is 26.3 Å². The fourth-order valence-electron chi connectivity index (χ4n) is 2.33. The van der Waals surface area contributed by atoms with Crippen molar-refractivity contribution in [2.75, 3.05) is 13.2 Å². The number of nitrogens with one attached hydrogen (secondary N) is 1. The molecule has 0 radical (unpaired) electrons. The zero-order chi connectivity index (χ0) is 14.2. The zero-order valence-electron chi connectivity index (χ0n) is 12.3. The van der Waals surface area contributed by atoms with Gasteiger partial charge in [0.05, 0.1) is 6.61 Å². The van der Waals surface area contributed by atoms with Gasteiger partial charge in [0, 0.05) is 12.5 Å². The molecule has 2 rings (SSSR count). The van der Waals surface area contributed by atoms with E-state index in [1.807, 2.05) is 30.3 Å². The summed E-state index contributed by atoms with van der Waals surface area (Å²) in [6.45, 7) is 5.95. The average molecular weight is 269 g/mol. The van der Waals surface area contributed by atoms with Gasteiger partial charge in [0.25, 0.3) is 0 Å². The lowest BCUT2D eigenvalue weighted by molar-refractivity contribution is 0.287. The smallest absolute Gasteiger partial charge is 0.119 e. The van der Waals surface area contributed by atoms with E-state index in [9.17, 15) is 0 Å². The van der Waals surface area contributed by atoms with Gasteiger partial charge in [-0.2, -0.15) is 0 Å². The van der Waals surface area contributed by atoms with E-state index in [1.165, 1.54) is 11.1 Å². The molecule has 2 aromatic rings. The van der Waals surface area contributed by atoms with Crippen LogP contribution in [0.2, 0.25) is 0 Å². The van der Waals surface area contributed by atoms with Crippen molar-refractivity contribution in [3.8, 4) is 5.75 Å². The highest BCUT2D eigenvalue weighted by Gasteiger charge is 2.10. The maximum Gasteiger partial charge on any atom is 0.119 e. The third-order valence-corrected chi connectivity index (χ3v) is 3.31. The number of rotatable bonds is 7. The molecule has 0 aliphatic carbocycles. The van der Waals surface area contributed by atoms with Crippen LogP contribution in [0.5, 0.6) is 5.75 Å². The normalized spacial score (nSPS) is 12.1. The van der Waals surface area contributed by atoms with Gasteiger partial charge in [-0.1, -0.05) is 55.0 Å². The third-order valence-electron chi connectivity index (χ3n) is 3.31. The predicted octanol–water partition coefficient (Wildman–Crippen LogP) is 4.11. The van der Waals surface area contributed by atoms with Gasteiger partial charge in [-0.05, 0) is 31.2 Å². The molecular weight excluding hydrogens is 246 g/mol. The molecule has 0 aromatic heterocycles. The molecule has 106 valence electrons. The van der Waals surface area contributed by atoms with E-state index in [-0.39, 0.29) is 0 Å². The Balaban J connectivity index is 1.92. The van der Waals surface area contributed by atoms with Crippen molar-refractivity contribution < 1.29 is 4.74 Å². The minimum atomic E-state index is 0.351. The van der Waals surface area contributed by atoms with Gasteiger partial charge in [-0.25, -0.2) is 0 Å². The van der Waals surface area contributed by atoms with Crippen molar-refractivity contribution in [3.05, 3.63) is 65.7 Å². The largest absolute Gasteiger partial charge is 0.494 e. The van der Waals surface area contributed by atoms with Gasteiger partial charge < -0.3 is 10.1 Å². The summed E-state index contributed by atoms with van der Waals surface area (Å²) in [4.78, 5) is 0. The number of aryl methyl sites for hydroxylation is 1. The SMILES string of the molecule is CCNC(CCOc1ccccc1)c1cccc(C)c1. The first-order valence-electron chi connectivity index (χ1n) is 7.27. The Hall–Kier alpha value is -1.80. The van der Waals surface area contributed by atoms with Crippen molar-refractivity contribution >= 4 is 0 Å². The van der Waals surface area contributed by atoms with E-state index < -0.39 is 0 Å². The molecule has 0 heterocycles. The molecule has 20 heavy (non-hydrogen) atoms. The third kappa shape index (κ3) is 4.39. The first kappa shape index (κ1) is 14.6. The summed E-state index contributed by atoms with van der Waals surface area (Å²) >= 11 is 0. The Kier molecular flexibility index (Phi) is 5.63. The number of hydrogen-bond acceptors (Lipinski definition) is 2. The summed E-state index contributed by atoms with van der Waals surface area (Å²) < 4.78 is 5.79. The van der Waals surface area contributed by atoms with Crippen molar-refractivity contribution in [1.82, 2.24) is 5.32 Å². The molecule has 0 aliphatic heterocycles. The minimum Gasteiger partial charge on any atom is -0.494 e. The molecule has 0 saturated carbocycles. The Morgan fingerprint density at radius 3 is 2.55 bits per heavy atom. The molecule has 1 N–H and O–H groups in total. The fourth-order valence-corrected chi connectivity index (χ4v) is 2.33. The van der Waals surface area contributed by atoms with Crippen LogP contribution >= 0.6 is 0 Å². The lowest BCUT2D eigenvalue weighted by atomic mass is 10.0. The molecule has 1 unspecified atom stereocenters. The molecule has 0 amide bonds. The van der Waals surface area contributed by atoms with E-state index in [1.54, 1.807) is 0 Å². The molecule has 2 nitrogen and oxygen atoms in total. The van der Waals surface area contributed by atoms with E-state index >= 15 is 0 Å². The highest BCUT2D eigenvalue weighted by Crippen LogP contribution is 2.19. The molecule has 2 aromatic carbocycles. The minimum absolute atomic E-state index is 0.351. The van der Waals surface area contributed by atoms with Crippen molar-refractivity contribution in [1.29, 1.82) is 0 Å². The average Bonchev–Trinajstić information content (AvgIpc) is 2.47. The summed E-state index contributed by atoms with van der Waals surface area (Å²) in [5.74, 6) is 0.937. The van der Waals surface area contributed by atoms with Crippen LogP contribution in [-0.2, 0) is 0 Å². The van der Waals surface area contributed by atoms with E-state index in [0.717, 1.165) is 25.3 Å². The van der Waals surface area contributed by atoms with Gasteiger partial charge >= 0.3 is 0 Å². The van der Waals surface area contributed by atoms with Gasteiger partial charge in [0.15, 0.2) is 0 Å². The van der Waals surface area contributed by atoms with Gasteiger partial charge in [-0.15, -0.1) is 0 Å². The topological polar surface area (TPSA) is 21.3 Å². The summed E-state index contributed by atoms with van der Waals surface area (Å²) in [6, 6.07) is 19.0. The molecule has 0 aliphatic rings. The van der Waals surface area contributed by atoms with Crippen LogP contribution in [0.3, 0.4) is 0 Å². The quantitative estimate of drug-likeness (QED) is 0.816. The maximum atomic E-state index is 5.79. The summed E-state index contributed by atoms with van der Waals surface area (Å²) in [7, 11) is 0. The number of para-hydroxylation sites is 1. The van der Waals surface area contributed by atoms with E-state index in [2.05, 4.69) is 43.4 Å². The van der Waals surface area contributed by atoms with Crippen LogP contribution in [0, 0.1) is 6.92 Å². The number of hydrogen-bond donors (Lipinski definition) is 1. The van der Waals surface area contributed by atoms with E-state index in [4.69, 9.17) is 4.74 Å². The second-order valence-electron chi connectivity index (χ2n) is 4.97. The Bertz CT molecular complexity index is 510. The lowest BCUT2D eigenvalue weighted by Crippen LogP contribution is -2.23. The van der Waals surface area contributed by atoms with Crippen LogP contribution in [0.25, 0.3) is 0 Å². The summed E-state index contributed by atoms with van der Waals surface area (Å²) in [5, 5.41) is 3.53. The second-order valence-corrected chi connectivity index (χ2v) is 4.97. The molecule has 0 bridgehead atoms. The highest BCUT2D eigenvalue weighted by molar-refractivity contribution is 5.25. The van der Waals surface area contributed by atoms with Crippen LogP contribution in [0.4, 0.5) is 0 Å². The van der Waals surface area contributed by atoms with Gasteiger partial charge in [-0.3, -0.25) is 0 Å². The zero-order valence-corrected chi connectivity index (χ0v) is 12.3. The lowest BCUT2D eigenvalue weighted by Gasteiger charge is -2.19. The standard InChI is InChI=1S/C18H23NO/c1-3-19-18(16-9-7-8-15(2)14-16)12-13-20-17-10-5-4-6-11-17/h4-11,14,18-19H,3,12-13H2,1-2H3. The monoisotopic (exact) mass is 269 g/mol. The predicted molar refractivity (Wildman–Crippen MR) is 84.2 cm³/mol. The maximum absolute atomic E-state index is 5.79. The Labute approximate surface area is 121 Å². The van der Waals surface area contributed by atoms with Crippen LogP contribution in [-0.4, -0.2) is 13.2 Å². The Morgan fingerprint density at radius 2 is 1.85 bits per heavy atom. The summed E-state index contributed by atoms with van der Waals surface area (Å²) in [6.07, 6.45) is 0.964. The summed E-state index contributed by atoms with van der Waals surface area (Å²) in [5.41, 5.74) is 2.64. The first-order valence-corrected chi connectivity index (χ1v) is 7.27. The first-order chi connectivity index (χ1) is 9.79. The van der Waals surface area contributed by atoms with Crippen molar-refractivity contribution in [2.24, 2.45) is 0 Å². The van der Waals surface area contributed by atoms with Gasteiger partial charge in [0.1, 0.15) is 5.75 Å². The molecule has 0 saturated heterocycles. The molecular formula is C18H23NO. The van der Waals surface area contributed by atoms with Gasteiger partial charge in [0.2, 0.25) is 0 Å². The van der Waals surface area contributed by atoms with E-state index in [0.29, 0.717) is 6.04 Å². The molecule has 0 spiro atoms. The number of ether oxygens (including phenoxy) is 1. The molecule has 0 fully saturated rings. The number of benzene rings is 2. The van der Waals surface area contributed by atoms with Crippen LogP contribution in [0.15, 0.2) is 54.6 Å². The highest BCUT2D eigenvalue weighted by atomic mass is 16.5. The second kappa shape index (κ2) is 7.71.